The van der Waals surface area contributed by atoms with Gasteiger partial charge in [0.05, 0.1) is 12.2 Å². The van der Waals surface area contributed by atoms with Crippen LogP contribution in [0.5, 0.6) is 0 Å². The van der Waals surface area contributed by atoms with Gasteiger partial charge in [-0.25, -0.2) is 0 Å². The first-order valence-corrected chi connectivity index (χ1v) is 7.52. The predicted octanol–water partition coefficient (Wildman–Crippen LogP) is 2.56. The largest absolute Gasteiger partial charge is 0.399 e. The zero-order valence-corrected chi connectivity index (χ0v) is 13.5. The number of nitrogens with zero attached hydrogens (tertiary/aromatic N) is 1. The van der Waals surface area contributed by atoms with Crippen molar-refractivity contribution in [2.24, 2.45) is 17.0 Å². The van der Waals surface area contributed by atoms with Gasteiger partial charge < -0.3 is 19.8 Å². The van der Waals surface area contributed by atoms with Gasteiger partial charge in [-0.05, 0) is 31.1 Å². The Balaban J connectivity index is 0.000000367. The lowest BCUT2D eigenvalue weighted by atomic mass is 10.00. The molecule has 0 radical (unpaired) electrons. The summed E-state index contributed by atoms with van der Waals surface area (Å²) in [5.41, 5.74) is 0. The maximum Gasteiger partial charge on any atom is 0.155 e. The fraction of sp³-hybridized carbons (Fsp3) is 0.933. The van der Waals surface area contributed by atoms with Gasteiger partial charge in [-0.3, -0.25) is 0 Å². The molecule has 1 heterocycles. The number of aliphatic hydroxyl groups is 2. The lowest BCUT2D eigenvalue weighted by Crippen LogP contribution is -2.16. The molecule has 1 fully saturated rings. The Kier molecular flexibility index (Phi) is 10.7. The average molecular weight is 289 g/mol. The number of hydrogen-bond acceptors (Lipinski definition) is 5. The minimum atomic E-state index is -0.495. The first kappa shape index (κ1) is 19.4. The molecule has 5 nitrogen and oxygen atoms in total. The standard InChI is InChI=1S/C8H17NO2.C7H14O2/c1-4-8(10)7(2)5-6-9-11-3;1-3-6-5(2)4-7(8)9-6/h6-8,10H,4-5H2,1-3H3;5-8H,3-4H2,1-2H3/t7-,8+;5-,6+,7?/m00/s1. The molecule has 0 saturated carbocycles. The summed E-state index contributed by atoms with van der Waals surface area (Å²) in [6, 6.07) is 0. The van der Waals surface area contributed by atoms with Crippen LogP contribution in [0.15, 0.2) is 5.16 Å². The van der Waals surface area contributed by atoms with E-state index in [1.165, 1.54) is 7.11 Å². The fourth-order valence-corrected chi connectivity index (χ4v) is 2.20. The summed E-state index contributed by atoms with van der Waals surface area (Å²) in [4.78, 5) is 4.49. The van der Waals surface area contributed by atoms with Crippen LogP contribution >= 0.6 is 0 Å². The van der Waals surface area contributed by atoms with Crippen LogP contribution in [0.4, 0.5) is 0 Å². The van der Waals surface area contributed by atoms with Crippen LogP contribution in [0.1, 0.15) is 53.4 Å². The molecule has 20 heavy (non-hydrogen) atoms. The summed E-state index contributed by atoms with van der Waals surface area (Å²) in [7, 11) is 1.51. The molecule has 0 aliphatic carbocycles. The highest BCUT2D eigenvalue weighted by atomic mass is 16.6. The highest BCUT2D eigenvalue weighted by Gasteiger charge is 2.28. The zero-order valence-electron chi connectivity index (χ0n) is 13.5. The SMILES string of the molecule is CC[C@@H](O)[C@@H](C)CC=NOC.CC[C@H]1OC(O)C[C@@H]1C. The smallest absolute Gasteiger partial charge is 0.155 e. The normalized spacial score (nSPS) is 28.9. The van der Waals surface area contributed by atoms with E-state index < -0.39 is 6.29 Å². The number of rotatable bonds is 6. The van der Waals surface area contributed by atoms with Crippen molar-refractivity contribution < 1.29 is 19.8 Å². The van der Waals surface area contributed by atoms with E-state index in [9.17, 15) is 5.11 Å². The zero-order chi connectivity index (χ0) is 15.5. The van der Waals surface area contributed by atoms with E-state index in [0.29, 0.717) is 12.0 Å². The fourth-order valence-electron chi connectivity index (χ4n) is 2.20. The Morgan fingerprint density at radius 3 is 2.45 bits per heavy atom. The molecular formula is C15H31NO4. The second-order valence-corrected chi connectivity index (χ2v) is 5.41. The Morgan fingerprint density at radius 2 is 2.10 bits per heavy atom. The van der Waals surface area contributed by atoms with Gasteiger partial charge in [0.15, 0.2) is 6.29 Å². The van der Waals surface area contributed by atoms with E-state index in [-0.39, 0.29) is 12.0 Å². The maximum atomic E-state index is 9.32. The number of aliphatic hydroxyl groups excluding tert-OH is 2. The third kappa shape index (κ3) is 7.82. The van der Waals surface area contributed by atoms with Crippen LogP contribution in [0.2, 0.25) is 0 Å². The molecule has 1 saturated heterocycles. The molecule has 1 aliphatic heterocycles. The quantitative estimate of drug-likeness (QED) is 0.582. The second kappa shape index (κ2) is 11.1. The van der Waals surface area contributed by atoms with Gasteiger partial charge in [-0.2, -0.15) is 0 Å². The van der Waals surface area contributed by atoms with Crippen molar-refractivity contribution in [3.63, 3.8) is 0 Å². The van der Waals surface area contributed by atoms with Crippen LogP contribution in [-0.2, 0) is 9.57 Å². The molecular weight excluding hydrogens is 258 g/mol. The molecule has 0 aromatic heterocycles. The Hall–Kier alpha value is -0.650. The molecule has 120 valence electrons. The van der Waals surface area contributed by atoms with Gasteiger partial charge in [0.25, 0.3) is 0 Å². The van der Waals surface area contributed by atoms with Gasteiger partial charge in [-0.15, -0.1) is 0 Å². The predicted molar refractivity (Wildman–Crippen MR) is 80.5 cm³/mol. The summed E-state index contributed by atoms with van der Waals surface area (Å²) in [6.07, 6.45) is 4.63. The number of oxime groups is 1. The molecule has 1 rings (SSSR count). The number of hydrogen-bond donors (Lipinski definition) is 2. The van der Waals surface area contributed by atoms with Crippen LogP contribution in [0.25, 0.3) is 0 Å². The topological polar surface area (TPSA) is 71.3 Å². The van der Waals surface area contributed by atoms with Crippen molar-refractivity contribution in [3.05, 3.63) is 0 Å². The highest BCUT2D eigenvalue weighted by Crippen LogP contribution is 2.26. The molecule has 0 amide bonds. The molecule has 0 bridgehead atoms. The van der Waals surface area contributed by atoms with Crippen molar-refractivity contribution in [2.75, 3.05) is 7.11 Å². The van der Waals surface area contributed by atoms with Crippen LogP contribution in [0.3, 0.4) is 0 Å². The molecule has 0 aromatic carbocycles. The van der Waals surface area contributed by atoms with Crippen molar-refractivity contribution in [1.82, 2.24) is 0 Å². The third-order valence-electron chi connectivity index (χ3n) is 3.67. The van der Waals surface area contributed by atoms with E-state index >= 15 is 0 Å². The van der Waals surface area contributed by atoms with Crippen molar-refractivity contribution in [2.45, 2.75) is 71.9 Å². The van der Waals surface area contributed by atoms with E-state index in [0.717, 1.165) is 25.7 Å². The Morgan fingerprint density at radius 1 is 1.45 bits per heavy atom. The van der Waals surface area contributed by atoms with E-state index in [1.807, 2.05) is 13.8 Å². The van der Waals surface area contributed by atoms with Crippen molar-refractivity contribution in [3.8, 4) is 0 Å². The first-order valence-electron chi connectivity index (χ1n) is 7.52. The van der Waals surface area contributed by atoms with Gasteiger partial charge in [0, 0.05) is 12.6 Å². The average Bonchev–Trinajstić information content (AvgIpc) is 2.76. The minimum Gasteiger partial charge on any atom is -0.399 e. The van der Waals surface area contributed by atoms with Gasteiger partial charge >= 0.3 is 0 Å². The summed E-state index contributed by atoms with van der Waals surface area (Å²) in [5, 5.41) is 21.9. The maximum absolute atomic E-state index is 9.32. The van der Waals surface area contributed by atoms with E-state index in [2.05, 4.69) is 23.8 Å². The molecule has 5 heteroatoms. The van der Waals surface area contributed by atoms with Gasteiger partial charge in [0.2, 0.25) is 0 Å². The molecule has 1 aliphatic rings. The summed E-state index contributed by atoms with van der Waals surface area (Å²) < 4.78 is 5.18. The van der Waals surface area contributed by atoms with Gasteiger partial charge in [0.1, 0.15) is 7.11 Å². The molecule has 0 spiro atoms. The van der Waals surface area contributed by atoms with Crippen LogP contribution in [-0.4, -0.2) is 42.0 Å². The second-order valence-electron chi connectivity index (χ2n) is 5.41. The molecule has 0 aromatic rings. The third-order valence-corrected chi connectivity index (χ3v) is 3.67. The lowest BCUT2D eigenvalue weighted by molar-refractivity contribution is -0.0921. The monoisotopic (exact) mass is 289 g/mol. The Bertz CT molecular complexity index is 260. The summed E-state index contributed by atoms with van der Waals surface area (Å²) in [6.45, 7) is 8.16. The van der Waals surface area contributed by atoms with E-state index in [4.69, 9.17) is 9.84 Å². The molecule has 1 unspecified atom stereocenters. The van der Waals surface area contributed by atoms with Crippen molar-refractivity contribution in [1.29, 1.82) is 0 Å². The summed E-state index contributed by atoms with van der Waals surface area (Å²) in [5.74, 6) is 0.795. The van der Waals surface area contributed by atoms with Crippen LogP contribution < -0.4 is 0 Å². The molecule has 2 N–H and O–H groups in total. The first-order chi connectivity index (χ1) is 9.46. The molecule has 5 atom stereocenters. The van der Waals surface area contributed by atoms with Gasteiger partial charge in [-0.1, -0.05) is 32.9 Å². The lowest BCUT2D eigenvalue weighted by Gasteiger charge is -2.13. The Labute approximate surface area is 123 Å². The number of ether oxygens (including phenoxy) is 1. The van der Waals surface area contributed by atoms with E-state index in [1.54, 1.807) is 6.21 Å². The van der Waals surface area contributed by atoms with Crippen molar-refractivity contribution >= 4 is 6.21 Å². The summed E-state index contributed by atoms with van der Waals surface area (Å²) >= 11 is 0. The highest BCUT2D eigenvalue weighted by molar-refractivity contribution is 5.56. The minimum absolute atomic E-state index is 0.224. The van der Waals surface area contributed by atoms with Crippen LogP contribution in [0, 0.1) is 11.8 Å².